The second-order valence-corrected chi connectivity index (χ2v) is 14.4. The molecule has 2 amide bonds. The van der Waals surface area contributed by atoms with E-state index in [0.717, 1.165) is 14.8 Å². The normalized spacial score (nSPS) is 12.5. The zero-order chi connectivity index (χ0) is 34.7. The Morgan fingerprint density at radius 1 is 0.896 bits per heavy atom. The lowest BCUT2D eigenvalue weighted by Crippen LogP contribution is -2.54. The minimum atomic E-state index is -4.23. The van der Waals surface area contributed by atoms with Crippen LogP contribution in [0.25, 0.3) is 0 Å². The summed E-state index contributed by atoms with van der Waals surface area (Å²) in [5.74, 6) is -0.329. The van der Waals surface area contributed by atoms with Crippen molar-refractivity contribution in [3.05, 3.63) is 119 Å². The number of sulfonamides is 1. The average Bonchev–Trinajstić information content (AvgIpc) is 3.10. The molecular weight excluding hydrogens is 666 g/mol. The van der Waals surface area contributed by atoms with Crippen LogP contribution in [0.3, 0.4) is 0 Å². The minimum absolute atomic E-state index is 0.0104. The number of hydrogen-bond donors (Lipinski definition) is 1. The molecule has 0 aliphatic carbocycles. The van der Waals surface area contributed by atoms with Gasteiger partial charge in [-0.3, -0.25) is 13.9 Å². The maximum Gasteiger partial charge on any atom is 0.264 e. The molecule has 0 unspecified atom stereocenters. The first-order chi connectivity index (χ1) is 23.1. The lowest BCUT2D eigenvalue weighted by atomic mass is 10.0. The fourth-order valence-corrected chi connectivity index (χ4v) is 7.10. The van der Waals surface area contributed by atoms with E-state index in [1.165, 1.54) is 28.8 Å². The van der Waals surface area contributed by atoms with Gasteiger partial charge >= 0.3 is 0 Å². The van der Waals surface area contributed by atoms with Gasteiger partial charge < -0.3 is 15.0 Å². The SMILES string of the molecule is CCOc1ccc(N(CC(=O)N(Cc2ccccc2Cl)[C@H](Cc2ccccc2)C(=O)N[C@@H](C)CC)S(=O)(=O)c2ccc(SC)cc2)cc1. The highest BCUT2D eigenvalue weighted by Gasteiger charge is 2.35. The first-order valence-electron chi connectivity index (χ1n) is 15.8. The fourth-order valence-electron chi connectivity index (χ4n) is 5.08. The van der Waals surface area contributed by atoms with Crippen LogP contribution >= 0.6 is 23.4 Å². The van der Waals surface area contributed by atoms with E-state index in [0.29, 0.717) is 29.4 Å². The number of hydrogen-bond acceptors (Lipinski definition) is 6. The summed E-state index contributed by atoms with van der Waals surface area (Å²) in [7, 11) is -4.23. The number of amides is 2. The molecule has 48 heavy (non-hydrogen) atoms. The smallest absolute Gasteiger partial charge is 0.264 e. The monoisotopic (exact) mass is 707 g/mol. The summed E-state index contributed by atoms with van der Waals surface area (Å²) in [6.45, 7) is 5.60. The van der Waals surface area contributed by atoms with Crippen molar-refractivity contribution in [1.82, 2.24) is 10.2 Å². The number of carbonyl (C=O) groups excluding carboxylic acids is 2. The third-order valence-corrected chi connectivity index (χ3v) is 10.8. The number of ether oxygens (including phenoxy) is 1. The van der Waals surface area contributed by atoms with Crippen LogP contribution in [0.2, 0.25) is 5.02 Å². The van der Waals surface area contributed by atoms with E-state index >= 15 is 0 Å². The number of nitrogens with zero attached hydrogens (tertiary/aromatic N) is 2. The predicted octanol–water partition coefficient (Wildman–Crippen LogP) is 7.21. The van der Waals surface area contributed by atoms with Gasteiger partial charge in [0.1, 0.15) is 18.3 Å². The molecule has 4 aromatic rings. The van der Waals surface area contributed by atoms with Gasteiger partial charge in [0.25, 0.3) is 10.0 Å². The van der Waals surface area contributed by atoms with Gasteiger partial charge in [0, 0.05) is 28.9 Å². The molecule has 0 bridgehead atoms. The van der Waals surface area contributed by atoms with Crippen molar-refractivity contribution in [3.8, 4) is 5.75 Å². The van der Waals surface area contributed by atoms with E-state index in [4.69, 9.17) is 16.3 Å². The summed E-state index contributed by atoms with van der Waals surface area (Å²) >= 11 is 8.08. The van der Waals surface area contributed by atoms with E-state index in [-0.39, 0.29) is 35.5 Å². The molecule has 0 spiro atoms. The topological polar surface area (TPSA) is 96.0 Å². The van der Waals surface area contributed by atoms with Gasteiger partial charge in [0.15, 0.2) is 0 Å². The third-order valence-electron chi connectivity index (χ3n) is 7.93. The van der Waals surface area contributed by atoms with Gasteiger partial charge in [0.2, 0.25) is 11.8 Å². The molecule has 0 heterocycles. The van der Waals surface area contributed by atoms with E-state index in [1.54, 1.807) is 54.6 Å². The largest absolute Gasteiger partial charge is 0.494 e. The van der Waals surface area contributed by atoms with E-state index in [1.807, 2.05) is 63.4 Å². The minimum Gasteiger partial charge on any atom is -0.494 e. The summed E-state index contributed by atoms with van der Waals surface area (Å²) < 4.78 is 35.3. The van der Waals surface area contributed by atoms with Gasteiger partial charge in [0.05, 0.1) is 17.2 Å². The van der Waals surface area contributed by atoms with Crippen LogP contribution in [0.15, 0.2) is 113 Å². The van der Waals surface area contributed by atoms with Crippen LogP contribution in [0.1, 0.15) is 38.3 Å². The Morgan fingerprint density at radius 3 is 2.15 bits per heavy atom. The molecule has 0 fully saturated rings. The van der Waals surface area contributed by atoms with Crippen molar-refractivity contribution < 1.29 is 22.7 Å². The van der Waals surface area contributed by atoms with Gasteiger partial charge in [-0.15, -0.1) is 11.8 Å². The maximum atomic E-state index is 14.7. The second kappa shape index (κ2) is 17.4. The molecule has 8 nitrogen and oxygen atoms in total. The van der Waals surface area contributed by atoms with Crippen LogP contribution in [0.4, 0.5) is 5.69 Å². The molecular formula is C37H42ClN3O5S2. The van der Waals surface area contributed by atoms with Crippen molar-refractivity contribution in [2.24, 2.45) is 0 Å². The van der Waals surface area contributed by atoms with Crippen LogP contribution in [0.5, 0.6) is 5.75 Å². The number of carbonyl (C=O) groups is 2. The molecule has 254 valence electrons. The summed E-state index contributed by atoms with van der Waals surface area (Å²) in [5, 5.41) is 3.47. The highest BCUT2D eigenvalue weighted by molar-refractivity contribution is 7.98. The first kappa shape index (κ1) is 36.8. The van der Waals surface area contributed by atoms with Crippen molar-refractivity contribution in [3.63, 3.8) is 0 Å². The van der Waals surface area contributed by atoms with Crippen molar-refractivity contribution in [2.45, 2.75) is 62.0 Å². The summed E-state index contributed by atoms with van der Waals surface area (Å²) in [5.41, 5.74) is 1.76. The molecule has 0 aliphatic heterocycles. The Labute approximate surface area is 293 Å². The zero-order valence-corrected chi connectivity index (χ0v) is 30.0. The second-order valence-electron chi connectivity index (χ2n) is 11.3. The van der Waals surface area contributed by atoms with Crippen LogP contribution in [0, 0.1) is 0 Å². The molecule has 0 saturated carbocycles. The Kier molecular flexibility index (Phi) is 13.4. The van der Waals surface area contributed by atoms with Crippen molar-refractivity contribution in [1.29, 1.82) is 0 Å². The standard InChI is InChI=1S/C37H42ClN3O5S2/c1-5-27(3)39-37(43)35(24-28-12-8-7-9-13-28)40(25-29-14-10-11-15-34(29)38)36(42)26-41(30-16-18-31(19-17-30)46-6-2)48(44,45)33-22-20-32(47-4)21-23-33/h7-23,27,35H,5-6,24-26H2,1-4H3,(H,39,43)/t27-,35+/m0/s1. The molecule has 1 N–H and O–H groups in total. The Morgan fingerprint density at radius 2 is 1.54 bits per heavy atom. The molecule has 0 aliphatic rings. The highest BCUT2D eigenvalue weighted by Crippen LogP contribution is 2.29. The number of halogens is 1. The fraction of sp³-hybridized carbons (Fsp3) is 0.297. The van der Waals surface area contributed by atoms with Gasteiger partial charge in [-0.2, -0.15) is 0 Å². The van der Waals surface area contributed by atoms with Gasteiger partial charge in [-0.1, -0.05) is 67.1 Å². The van der Waals surface area contributed by atoms with Gasteiger partial charge in [-0.05, 0) is 92.2 Å². The van der Waals surface area contributed by atoms with Crippen LogP contribution in [-0.2, 0) is 32.6 Å². The number of nitrogens with one attached hydrogen (secondary N) is 1. The quantitative estimate of drug-likeness (QED) is 0.124. The molecule has 4 rings (SSSR count). The number of rotatable bonds is 16. The Balaban J connectivity index is 1.82. The highest BCUT2D eigenvalue weighted by atomic mass is 35.5. The summed E-state index contributed by atoms with van der Waals surface area (Å²) in [4.78, 5) is 31.0. The van der Waals surface area contributed by atoms with Crippen molar-refractivity contribution >= 4 is 50.9 Å². The Hall–Kier alpha value is -3.99. The number of benzene rings is 4. The molecule has 2 atom stereocenters. The number of anilines is 1. The summed E-state index contributed by atoms with van der Waals surface area (Å²) in [6.07, 6.45) is 2.82. The van der Waals surface area contributed by atoms with Crippen LogP contribution < -0.4 is 14.4 Å². The van der Waals surface area contributed by atoms with Crippen LogP contribution in [-0.4, -0.2) is 56.6 Å². The maximum absolute atomic E-state index is 14.7. The predicted molar refractivity (Wildman–Crippen MR) is 194 cm³/mol. The lowest BCUT2D eigenvalue weighted by Gasteiger charge is -2.34. The Bertz CT molecular complexity index is 1750. The summed E-state index contributed by atoms with van der Waals surface area (Å²) in [6, 6.07) is 28.5. The molecule has 4 aromatic carbocycles. The van der Waals surface area contributed by atoms with Crippen molar-refractivity contribution in [2.75, 3.05) is 23.7 Å². The third kappa shape index (κ3) is 9.55. The molecule has 11 heteroatoms. The van der Waals surface area contributed by atoms with E-state index in [9.17, 15) is 18.0 Å². The molecule has 0 radical (unpaired) electrons. The molecule has 0 aromatic heterocycles. The van der Waals surface area contributed by atoms with Gasteiger partial charge in [-0.25, -0.2) is 8.42 Å². The zero-order valence-electron chi connectivity index (χ0n) is 27.6. The van der Waals surface area contributed by atoms with E-state index < -0.39 is 28.5 Å². The lowest BCUT2D eigenvalue weighted by molar-refractivity contribution is -0.140. The average molecular weight is 708 g/mol. The molecule has 0 saturated heterocycles. The first-order valence-corrected chi connectivity index (χ1v) is 18.9. The number of thioether (sulfide) groups is 1. The van der Waals surface area contributed by atoms with E-state index in [2.05, 4.69) is 5.32 Å².